The van der Waals surface area contributed by atoms with Crippen molar-refractivity contribution in [3.8, 4) is 0 Å². The van der Waals surface area contributed by atoms with E-state index in [1.807, 2.05) is 6.08 Å². The molecule has 0 spiro atoms. The molecule has 4 atom stereocenters. The Kier molecular flexibility index (Phi) is 6.81. The van der Waals surface area contributed by atoms with Crippen LogP contribution in [0.25, 0.3) is 0 Å². The lowest BCUT2D eigenvalue weighted by Crippen LogP contribution is -2.35. The first-order valence-corrected chi connectivity index (χ1v) is 9.34. The Morgan fingerprint density at radius 2 is 2.00 bits per heavy atom. The van der Waals surface area contributed by atoms with Crippen LogP contribution in [0.5, 0.6) is 0 Å². The Morgan fingerprint density at radius 1 is 1.31 bits per heavy atom. The predicted molar refractivity (Wildman–Crippen MR) is 99.4 cm³/mol. The van der Waals surface area contributed by atoms with Crippen molar-refractivity contribution >= 4 is 11.9 Å². The summed E-state index contributed by atoms with van der Waals surface area (Å²) in [6.07, 6.45) is 5.45. The fourth-order valence-corrected chi connectivity index (χ4v) is 4.38. The van der Waals surface area contributed by atoms with E-state index in [1.54, 1.807) is 0 Å². The van der Waals surface area contributed by atoms with E-state index in [1.165, 1.54) is 13.2 Å². The van der Waals surface area contributed by atoms with Crippen LogP contribution in [-0.2, 0) is 14.3 Å². The summed E-state index contributed by atoms with van der Waals surface area (Å²) >= 11 is 0. The Bertz CT molecular complexity index is 628. The minimum Gasteiger partial charge on any atom is -0.478 e. The van der Waals surface area contributed by atoms with Crippen LogP contribution in [0.4, 0.5) is 0 Å². The van der Waals surface area contributed by atoms with Crippen LogP contribution >= 0.6 is 0 Å². The average Bonchev–Trinajstić information content (AvgIpc) is 2.58. The van der Waals surface area contributed by atoms with Crippen molar-refractivity contribution in [1.82, 2.24) is 0 Å². The third-order valence-electron chi connectivity index (χ3n) is 5.84. The summed E-state index contributed by atoms with van der Waals surface area (Å²) in [7, 11) is 1.36. The van der Waals surface area contributed by atoms with Crippen LogP contribution in [-0.4, -0.2) is 35.4 Å². The molecule has 1 saturated carbocycles. The first kappa shape index (κ1) is 20.4. The maximum absolute atomic E-state index is 12.2. The van der Waals surface area contributed by atoms with Crippen molar-refractivity contribution in [3.05, 3.63) is 35.5 Å². The smallest absolute Gasteiger partial charge is 0.333 e. The van der Waals surface area contributed by atoms with E-state index < -0.39 is 12.1 Å². The molecule has 2 aliphatic carbocycles. The van der Waals surface area contributed by atoms with Gasteiger partial charge in [-0.3, -0.25) is 0 Å². The highest BCUT2D eigenvalue weighted by molar-refractivity contribution is 5.89. The SMILES string of the molecule is C=C1CC[C@@H](C(C)C)[C@H]2/C=C(/C(=O)OC)CCC=C(C(=O)O)[C@H](O)C[C@H]12. The molecule has 0 heterocycles. The zero-order chi connectivity index (χ0) is 19.4. The van der Waals surface area contributed by atoms with Gasteiger partial charge in [0.1, 0.15) is 0 Å². The molecule has 0 radical (unpaired) electrons. The lowest BCUT2D eigenvalue weighted by atomic mass is 9.63. The van der Waals surface area contributed by atoms with Crippen LogP contribution in [0.3, 0.4) is 0 Å². The van der Waals surface area contributed by atoms with Crippen molar-refractivity contribution in [2.24, 2.45) is 23.7 Å². The van der Waals surface area contributed by atoms with Crippen molar-refractivity contribution in [2.75, 3.05) is 7.11 Å². The standard InChI is InChI=1S/C21H30O5/c1-12(2)15-9-8-13(3)17-11-19(22)16(20(23)24)7-5-6-14(10-18(15)17)21(25)26-4/h7,10,12,15,17-19,22H,3,5-6,8-9,11H2,1-2,4H3,(H,23,24)/b14-10+,16-7?/t15-,17+,18+,19+/m0/s1. The van der Waals surface area contributed by atoms with E-state index in [9.17, 15) is 19.8 Å². The van der Waals surface area contributed by atoms with Gasteiger partial charge in [-0.1, -0.05) is 38.2 Å². The largest absolute Gasteiger partial charge is 0.478 e. The number of fused-ring (bicyclic) bond motifs is 1. The number of carboxylic acids is 1. The third-order valence-corrected chi connectivity index (χ3v) is 5.84. The number of ether oxygens (including phenoxy) is 1. The summed E-state index contributed by atoms with van der Waals surface area (Å²) in [5, 5.41) is 20.0. The van der Waals surface area contributed by atoms with Gasteiger partial charge >= 0.3 is 11.9 Å². The van der Waals surface area contributed by atoms with Gasteiger partial charge in [0.2, 0.25) is 0 Å². The highest BCUT2D eigenvalue weighted by Crippen LogP contribution is 2.45. The summed E-state index contributed by atoms with van der Waals surface area (Å²) in [5.74, 6) is -0.706. The summed E-state index contributed by atoms with van der Waals surface area (Å²) in [6.45, 7) is 8.52. The predicted octanol–water partition coefficient (Wildman–Crippen LogP) is 3.50. The van der Waals surface area contributed by atoms with Gasteiger partial charge in [-0.05, 0) is 55.8 Å². The number of rotatable bonds is 3. The minimum atomic E-state index is -1.11. The van der Waals surface area contributed by atoms with E-state index in [2.05, 4.69) is 20.4 Å². The first-order valence-electron chi connectivity index (χ1n) is 9.34. The number of carbonyl (C=O) groups excluding carboxylic acids is 1. The summed E-state index contributed by atoms with van der Waals surface area (Å²) in [6, 6.07) is 0. The van der Waals surface area contributed by atoms with Crippen LogP contribution in [0.15, 0.2) is 35.5 Å². The van der Waals surface area contributed by atoms with Gasteiger partial charge in [0.15, 0.2) is 0 Å². The molecule has 2 rings (SSSR count). The van der Waals surface area contributed by atoms with Gasteiger partial charge in [0.25, 0.3) is 0 Å². The normalized spacial score (nSPS) is 32.1. The van der Waals surface area contributed by atoms with Crippen LogP contribution in [0, 0.1) is 23.7 Å². The minimum absolute atomic E-state index is 0.00864. The van der Waals surface area contributed by atoms with E-state index in [4.69, 9.17) is 4.74 Å². The first-order chi connectivity index (χ1) is 12.3. The fraction of sp³-hybridized carbons (Fsp3) is 0.619. The lowest BCUT2D eigenvalue weighted by molar-refractivity contribution is -0.136. The molecule has 144 valence electrons. The molecule has 0 aromatic rings. The molecule has 2 N–H and O–H groups in total. The molecule has 0 amide bonds. The molecule has 0 bridgehead atoms. The van der Waals surface area contributed by atoms with Crippen LogP contribution in [0.2, 0.25) is 0 Å². The highest BCUT2D eigenvalue weighted by Gasteiger charge is 2.38. The second-order valence-corrected chi connectivity index (χ2v) is 7.73. The van der Waals surface area contributed by atoms with Gasteiger partial charge in [-0.25, -0.2) is 9.59 Å². The number of esters is 1. The Hall–Kier alpha value is -1.88. The van der Waals surface area contributed by atoms with E-state index >= 15 is 0 Å². The second kappa shape index (κ2) is 8.67. The highest BCUT2D eigenvalue weighted by atomic mass is 16.5. The molecule has 0 saturated heterocycles. The molecule has 26 heavy (non-hydrogen) atoms. The molecule has 0 unspecified atom stereocenters. The van der Waals surface area contributed by atoms with Crippen molar-refractivity contribution in [3.63, 3.8) is 0 Å². The Morgan fingerprint density at radius 3 is 2.58 bits per heavy atom. The van der Waals surface area contributed by atoms with Gasteiger partial charge in [-0.2, -0.15) is 0 Å². The zero-order valence-corrected chi connectivity index (χ0v) is 15.9. The van der Waals surface area contributed by atoms with Gasteiger partial charge < -0.3 is 14.9 Å². The number of hydrogen-bond donors (Lipinski definition) is 2. The number of carbonyl (C=O) groups is 2. The van der Waals surface area contributed by atoms with Crippen molar-refractivity contribution < 1.29 is 24.5 Å². The van der Waals surface area contributed by atoms with E-state index in [0.717, 1.165) is 18.4 Å². The molecule has 0 aromatic heterocycles. The number of allylic oxidation sites excluding steroid dienone is 3. The number of carboxylic acid groups (broad SMARTS) is 1. The van der Waals surface area contributed by atoms with Crippen molar-refractivity contribution in [1.29, 1.82) is 0 Å². The Labute approximate surface area is 155 Å². The average molecular weight is 362 g/mol. The number of aliphatic hydroxyl groups excluding tert-OH is 1. The number of hydrogen-bond acceptors (Lipinski definition) is 4. The second-order valence-electron chi connectivity index (χ2n) is 7.73. The molecular weight excluding hydrogens is 332 g/mol. The van der Waals surface area contributed by atoms with Crippen LogP contribution < -0.4 is 0 Å². The topological polar surface area (TPSA) is 83.8 Å². The van der Waals surface area contributed by atoms with E-state index in [0.29, 0.717) is 36.7 Å². The molecule has 5 nitrogen and oxygen atoms in total. The number of methoxy groups -OCH3 is 1. The maximum atomic E-state index is 12.2. The zero-order valence-electron chi connectivity index (χ0n) is 15.9. The molecule has 0 aromatic carbocycles. The molecule has 0 aliphatic heterocycles. The maximum Gasteiger partial charge on any atom is 0.333 e. The van der Waals surface area contributed by atoms with Crippen molar-refractivity contribution in [2.45, 2.75) is 52.1 Å². The molecule has 1 fully saturated rings. The van der Waals surface area contributed by atoms with E-state index in [-0.39, 0.29) is 23.4 Å². The molecule has 2 aliphatic rings. The lowest BCUT2D eigenvalue weighted by Gasteiger charge is -2.41. The van der Waals surface area contributed by atoms with Gasteiger partial charge in [0.05, 0.1) is 18.8 Å². The fourth-order valence-electron chi connectivity index (χ4n) is 4.38. The van der Waals surface area contributed by atoms with Gasteiger partial charge in [0, 0.05) is 5.57 Å². The monoisotopic (exact) mass is 362 g/mol. The summed E-state index contributed by atoms with van der Waals surface area (Å²) < 4.78 is 4.94. The van der Waals surface area contributed by atoms with Gasteiger partial charge in [-0.15, -0.1) is 0 Å². The summed E-state index contributed by atoms with van der Waals surface area (Å²) in [4.78, 5) is 23.8. The molecule has 5 heteroatoms. The molecular formula is C21H30O5. The quantitative estimate of drug-likeness (QED) is 0.593. The van der Waals surface area contributed by atoms with Crippen LogP contribution in [0.1, 0.15) is 46.0 Å². The number of aliphatic hydroxyl groups is 1. The number of aliphatic carboxylic acids is 1. The summed E-state index contributed by atoms with van der Waals surface area (Å²) in [5.41, 5.74) is 1.62. The Balaban J connectivity index is 2.51. The third kappa shape index (κ3) is 4.44.